The van der Waals surface area contributed by atoms with Gasteiger partial charge in [-0.3, -0.25) is 14.5 Å². The zero-order chi connectivity index (χ0) is 25.4. The zero-order valence-corrected chi connectivity index (χ0v) is 18.8. The second kappa shape index (κ2) is 9.60. The van der Waals surface area contributed by atoms with Gasteiger partial charge in [0.25, 0.3) is 5.91 Å². The molecule has 0 bridgehead atoms. The molecule has 1 unspecified atom stereocenters. The summed E-state index contributed by atoms with van der Waals surface area (Å²) in [5.41, 5.74) is -1.92. The Morgan fingerprint density at radius 1 is 1.38 bits per heavy atom. The Hall–Kier alpha value is -3.17. The molecule has 1 amide bonds. The van der Waals surface area contributed by atoms with Crippen molar-refractivity contribution in [3.63, 3.8) is 0 Å². The number of alkyl halides is 3. The number of nitrogens with zero attached hydrogens (tertiary/aromatic N) is 5. The van der Waals surface area contributed by atoms with Crippen molar-refractivity contribution in [2.45, 2.75) is 39.3 Å². The summed E-state index contributed by atoms with van der Waals surface area (Å²) in [6.45, 7) is 1.56. The van der Waals surface area contributed by atoms with Gasteiger partial charge < -0.3 is 15.2 Å². The fourth-order valence-corrected chi connectivity index (χ4v) is 3.11. The SMILES string of the molecule is CCn1c(CO)nn(-c2nc(OC(C)C(F)(F)F)c(C(=O)Nc3c(Cl)n[nH]c3Cl)cc2F)c1=O. The number of carbonyl (C=O) groups excluding carboxylic acids is 1. The van der Waals surface area contributed by atoms with E-state index in [1.54, 1.807) is 6.92 Å². The summed E-state index contributed by atoms with van der Waals surface area (Å²) in [6.07, 6.45) is -7.34. The molecule has 0 aromatic carbocycles. The number of pyridine rings is 1. The lowest BCUT2D eigenvalue weighted by Gasteiger charge is -2.19. The van der Waals surface area contributed by atoms with Gasteiger partial charge >= 0.3 is 11.9 Å². The van der Waals surface area contributed by atoms with E-state index < -0.39 is 53.6 Å². The van der Waals surface area contributed by atoms with Crippen molar-refractivity contribution in [1.29, 1.82) is 0 Å². The number of hydrogen-bond donors (Lipinski definition) is 3. The minimum atomic E-state index is -4.87. The van der Waals surface area contributed by atoms with Crippen LogP contribution >= 0.6 is 23.2 Å². The van der Waals surface area contributed by atoms with Gasteiger partial charge in [0.05, 0.1) is 0 Å². The number of aromatic nitrogens is 6. The first-order valence-electron chi connectivity index (χ1n) is 9.33. The number of ether oxygens (including phenoxy) is 1. The lowest BCUT2D eigenvalue weighted by molar-refractivity contribution is -0.190. The Balaban J connectivity index is 2.15. The Bertz CT molecular complexity index is 1270. The summed E-state index contributed by atoms with van der Waals surface area (Å²) in [5, 5.41) is 20.6. The number of aromatic amines is 1. The Morgan fingerprint density at radius 2 is 2.06 bits per heavy atom. The Kier molecular flexibility index (Phi) is 7.18. The van der Waals surface area contributed by atoms with Crippen molar-refractivity contribution >= 4 is 34.8 Å². The molecule has 0 spiro atoms. The van der Waals surface area contributed by atoms with Crippen LogP contribution in [0.1, 0.15) is 30.0 Å². The first-order valence-corrected chi connectivity index (χ1v) is 10.1. The minimum absolute atomic E-state index is 0.0531. The predicted octanol–water partition coefficient (Wildman–Crippen LogP) is 2.69. The van der Waals surface area contributed by atoms with Crippen molar-refractivity contribution in [3.8, 4) is 11.7 Å². The molecule has 0 aliphatic rings. The number of halogens is 6. The topological polar surface area (TPSA) is 140 Å². The van der Waals surface area contributed by atoms with E-state index in [1.165, 1.54) is 0 Å². The third-order valence-corrected chi connectivity index (χ3v) is 4.98. The number of H-pyrrole nitrogens is 1. The van der Waals surface area contributed by atoms with Crippen LogP contribution in [-0.4, -0.2) is 52.8 Å². The summed E-state index contributed by atoms with van der Waals surface area (Å²) < 4.78 is 60.5. The van der Waals surface area contributed by atoms with Crippen LogP contribution in [0, 0.1) is 5.82 Å². The number of nitrogens with one attached hydrogen (secondary N) is 2. The smallest absolute Gasteiger partial charge is 0.425 e. The fourth-order valence-electron chi connectivity index (χ4n) is 2.70. The highest BCUT2D eigenvalue weighted by Gasteiger charge is 2.39. The Morgan fingerprint density at radius 3 is 2.56 bits per heavy atom. The molecule has 0 aliphatic carbocycles. The quantitative estimate of drug-likeness (QED) is 0.401. The lowest BCUT2D eigenvalue weighted by atomic mass is 10.2. The maximum atomic E-state index is 15.0. The maximum Gasteiger partial charge on any atom is 0.425 e. The molecular formula is C17H15Cl2F4N7O4. The van der Waals surface area contributed by atoms with E-state index in [-0.39, 0.29) is 28.4 Å². The average molecular weight is 528 g/mol. The third kappa shape index (κ3) is 4.85. The van der Waals surface area contributed by atoms with E-state index in [1.807, 2.05) is 0 Å². The summed E-state index contributed by atoms with van der Waals surface area (Å²) in [5.74, 6) is -4.44. The molecule has 3 rings (SSSR count). The van der Waals surface area contributed by atoms with Gasteiger partial charge in [-0.15, -0.1) is 5.10 Å². The minimum Gasteiger partial charge on any atom is -0.464 e. The average Bonchev–Trinajstić information content (AvgIpc) is 3.26. The first-order chi connectivity index (χ1) is 15.9. The number of carbonyl (C=O) groups is 1. The Labute approximate surface area is 197 Å². The van der Waals surface area contributed by atoms with Gasteiger partial charge in [0.15, 0.2) is 28.7 Å². The molecule has 3 N–H and O–H groups in total. The van der Waals surface area contributed by atoms with Crippen molar-refractivity contribution in [3.05, 3.63) is 44.1 Å². The highest BCUT2D eigenvalue weighted by Crippen LogP contribution is 2.31. The summed E-state index contributed by atoms with van der Waals surface area (Å²) in [4.78, 5) is 28.9. The molecule has 0 fully saturated rings. The lowest BCUT2D eigenvalue weighted by Crippen LogP contribution is -2.33. The van der Waals surface area contributed by atoms with Gasteiger partial charge in [-0.2, -0.15) is 27.9 Å². The van der Waals surface area contributed by atoms with Crippen molar-refractivity contribution in [2.75, 3.05) is 5.32 Å². The fraction of sp³-hybridized carbons (Fsp3) is 0.353. The molecule has 17 heteroatoms. The molecule has 0 radical (unpaired) electrons. The summed E-state index contributed by atoms with van der Waals surface area (Å²) in [6, 6.07) is 0.508. The molecule has 184 valence electrons. The van der Waals surface area contributed by atoms with Gasteiger partial charge in [0.1, 0.15) is 23.0 Å². The third-order valence-electron chi connectivity index (χ3n) is 4.43. The molecule has 0 aliphatic heterocycles. The van der Waals surface area contributed by atoms with E-state index >= 15 is 0 Å². The standard InChI is InChI=1S/C17H15Cl2F4N7O4/c1-3-29-9(5-31)28-30(16(29)33)13-8(20)4-7(15(25-13)34-6(2)17(21,22)23)14(32)24-10-11(18)26-27-12(10)19/h4,6,31H,3,5H2,1-2H3,(H,24,32)(H,26,27). The van der Waals surface area contributed by atoms with Gasteiger partial charge in [-0.25, -0.2) is 9.18 Å². The normalized spacial score (nSPS) is 12.6. The monoisotopic (exact) mass is 527 g/mol. The van der Waals surface area contributed by atoms with Crippen LogP contribution < -0.4 is 15.7 Å². The second-order valence-corrected chi connectivity index (χ2v) is 7.35. The van der Waals surface area contributed by atoms with E-state index in [0.717, 1.165) is 4.57 Å². The number of amides is 1. The van der Waals surface area contributed by atoms with Crippen LogP contribution in [0.15, 0.2) is 10.9 Å². The molecule has 3 aromatic heterocycles. The highest BCUT2D eigenvalue weighted by atomic mass is 35.5. The molecule has 0 saturated carbocycles. The van der Waals surface area contributed by atoms with Gasteiger partial charge in [-0.1, -0.05) is 23.2 Å². The van der Waals surface area contributed by atoms with Gasteiger partial charge in [0.2, 0.25) is 5.88 Å². The number of aliphatic hydroxyl groups is 1. The van der Waals surface area contributed by atoms with E-state index in [4.69, 9.17) is 27.9 Å². The van der Waals surface area contributed by atoms with Gasteiger partial charge in [-0.05, 0) is 19.9 Å². The van der Waals surface area contributed by atoms with Gasteiger partial charge in [0, 0.05) is 6.54 Å². The van der Waals surface area contributed by atoms with Crippen molar-refractivity contribution in [1.82, 2.24) is 29.5 Å². The van der Waals surface area contributed by atoms with E-state index in [9.17, 15) is 32.3 Å². The molecule has 3 aromatic rings. The predicted molar refractivity (Wildman–Crippen MR) is 110 cm³/mol. The molecular weight excluding hydrogens is 513 g/mol. The van der Waals surface area contributed by atoms with E-state index in [0.29, 0.717) is 17.7 Å². The molecule has 0 saturated heterocycles. The van der Waals surface area contributed by atoms with Crippen molar-refractivity contribution < 1.29 is 32.2 Å². The summed E-state index contributed by atoms with van der Waals surface area (Å²) >= 11 is 11.6. The van der Waals surface area contributed by atoms with E-state index in [2.05, 4.69) is 25.6 Å². The van der Waals surface area contributed by atoms with Crippen LogP contribution in [0.4, 0.5) is 23.2 Å². The number of anilines is 1. The number of rotatable bonds is 7. The first kappa shape index (κ1) is 25.5. The van der Waals surface area contributed by atoms with Crippen LogP contribution in [0.25, 0.3) is 5.82 Å². The number of aliphatic hydroxyl groups excluding tert-OH is 1. The molecule has 3 heterocycles. The highest BCUT2D eigenvalue weighted by molar-refractivity contribution is 6.38. The van der Waals surface area contributed by atoms with Crippen LogP contribution in [0.3, 0.4) is 0 Å². The van der Waals surface area contributed by atoms with Crippen molar-refractivity contribution in [2.24, 2.45) is 0 Å². The number of hydrogen-bond acceptors (Lipinski definition) is 7. The summed E-state index contributed by atoms with van der Waals surface area (Å²) in [7, 11) is 0. The van der Waals surface area contributed by atoms with Crippen LogP contribution in [0.5, 0.6) is 5.88 Å². The van der Waals surface area contributed by atoms with Crippen LogP contribution in [-0.2, 0) is 13.2 Å². The largest absolute Gasteiger partial charge is 0.464 e. The molecule has 34 heavy (non-hydrogen) atoms. The molecule has 1 atom stereocenters. The zero-order valence-electron chi connectivity index (χ0n) is 17.2. The second-order valence-electron chi connectivity index (χ2n) is 6.62. The maximum absolute atomic E-state index is 15.0. The van der Waals surface area contributed by atoms with Crippen LogP contribution in [0.2, 0.25) is 10.3 Å². The molecule has 11 nitrogen and oxygen atoms in total.